The number of carbonyl (C=O) groups excluding carboxylic acids is 1. The molecule has 0 aromatic heterocycles. The van der Waals surface area contributed by atoms with Gasteiger partial charge in [-0.15, -0.1) is 0 Å². The molecule has 0 aliphatic carbocycles. The van der Waals surface area contributed by atoms with Crippen LogP contribution in [0.3, 0.4) is 0 Å². The lowest BCUT2D eigenvalue weighted by Crippen LogP contribution is -2.48. The van der Waals surface area contributed by atoms with Gasteiger partial charge < -0.3 is 15.0 Å². The van der Waals surface area contributed by atoms with E-state index in [9.17, 15) is 4.79 Å². The van der Waals surface area contributed by atoms with Crippen molar-refractivity contribution in [1.29, 1.82) is 0 Å². The Bertz CT molecular complexity index is 307. The quantitative estimate of drug-likeness (QED) is 0.826. The first-order valence-corrected chi connectivity index (χ1v) is 7.71. The maximum Gasteiger partial charge on any atom is 0.222 e. The Morgan fingerprint density at radius 1 is 1.42 bits per heavy atom. The van der Waals surface area contributed by atoms with Crippen LogP contribution in [-0.4, -0.2) is 48.7 Å². The number of amides is 1. The predicted molar refractivity (Wildman–Crippen MR) is 76.0 cm³/mol. The molecule has 2 fully saturated rings. The Labute approximate surface area is 116 Å². The summed E-state index contributed by atoms with van der Waals surface area (Å²) in [6.45, 7) is 9.27. The van der Waals surface area contributed by atoms with E-state index >= 15 is 0 Å². The number of nitrogens with zero attached hydrogens (tertiary/aromatic N) is 1. The lowest BCUT2D eigenvalue weighted by atomic mass is 9.95. The number of nitrogens with one attached hydrogen (secondary N) is 1. The fourth-order valence-electron chi connectivity index (χ4n) is 3.13. The van der Waals surface area contributed by atoms with Crippen molar-refractivity contribution in [1.82, 2.24) is 10.2 Å². The van der Waals surface area contributed by atoms with Crippen molar-refractivity contribution in [2.75, 3.05) is 19.7 Å². The lowest BCUT2D eigenvalue weighted by molar-refractivity contribution is -0.128. The SMILES string of the molecule is CC(CN1CCCC1=O)NC1CCOC(C(C)C)C1. The third kappa shape index (κ3) is 4.18. The van der Waals surface area contributed by atoms with Gasteiger partial charge in [-0.05, 0) is 32.1 Å². The number of hydrogen-bond donors (Lipinski definition) is 1. The second-order valence-corrected chi connectivity index (χ2v) is 6.39. The van der Waals surface area contributed by atoms with Crippen LogP contribution >= 0.6 is 0 Å². The van der Waals surface area contributed by atoms with Crippen molar-refractivity contribution in [2.24, 2.45) is 5.92 Å². The van der Waals surface area contributed by atoms with E-state index < -0.39 is 0 Å². The molecule has 3 atom stereocenters. The van der Waals surface area contributed by atoms with E-state index in [4.69, 9.17) is 4.74 Å². The Morgan fingerprint density at radius 3 is 2.84 bits per heavy atom. The highest BCUT2D eigenvalue weighted by Gasteiger charge is 2.27. The van der Waals surface area contributed by atoms with Crippen LogP contribution < -0.4 is 5.32 Å². The molecule has 0 aromatic rings. The van der Waals surface area contributed by atoms with Crippen LogP contribution in [0.25, 0.3) is 0 Å². The first-order valence-electron chi connectivity index (χ1n) is 7.71. The number of hydrogen-bond acceptors (Lipinski definition) is 3. The molecule has 1 N–H and O–H groups in total. The number of rotatable bonds is 5. The molecule has 4 nitrogen and oxygen atoms in total. The van der Waals surface area contributed by atoms with Crippen molar-refractivity contribution in [3.8, 4) is 0 Å². The van der Waals surface area contributed by atoms with Crippen LogP contribution in [-0.2, 0) is 9.53 Å². The van der Waals surface area contributed by atoms with Crippen LogP contribution in [0.5, 0.6) is 0 Å². The summed E-state index contributed by atoms with van der Waals surface area (Å²) in [5, 5.41) is 3.68. The zero-order valence-corrected chi connectivity index (χ0v) is 12.5. The van der Waals surface area contributed by atoms with Crippen LogP contribution in [0.4, 0.5) is 0 Å². The molecule has 110 valence electrons. The fraction of sp³-hybridized carbons (Fsp3) is 0.933. The topological polar surface area (TPSA) is 41.6 Å². The molecule has 2 aliphatic rings. The molecule has 2 heterocycles. The van der Waals surface area contributed by atoms with Crippen molar-refractivity contribution < 1.29 is 9.53 Å². The first-order chi connectivity index (χ1) is 9.06. The molecule has 19 heavy (non-hydrogen) atoms. The summed E-state index contributed by atoms with van der Waals surface area (Å²) in [6.07, 6.45) is 4.32. The Kier molecular flexibility index (Phi) is 5.22. The second-order valence-electron chi connectivity index (χ2n) is 6.39. The van der Waals surface area contributed by atoms with Crippen LogP contribution in [0.1, 0.15) is 46.5 Å². The van der Waals surface area contributed by atoms with Gasteiger partial charge in [0.2, 0.25) is 5.91 Å². The van der Waals surface area contributed by atoms with Gasteiger partial charge in [-0.1, -0.05) is 13.8 Å². The summed E-state index contributed by atoms with van der Waals surface area (Å²) in [7, 11) is 0. The summed E-state index contributed by atoms with van der Waals surface area (Å²) in [5.74, 6) is 0.903. The molecule has 0 aromatic carbocycles. The van der Waals surface area contributed by atoms with Gasteiger partial charge >= 0.3 is 0 Å². The van der Waals surface area contributed by atoms with Crippen LogP contribution in [0.15, 0.2) is 0 Å². The van der Waals surface area contributed by atoms with E-state index in [1.165, 1.54) is 0 Å². The van der Waals surface area contributed by atoms with Crippen LogP contribution in [0, 0.1) is 5.92 Å². The molecule has 3 unspecified atom stereocenters. The number of carbonyl (C=O) groups is 1. The van der Waals surface area contributed by atoms with Crippen molar-refractivity contribution in [2.45, 2.75) is 64.6 Å². The summed E-state index contributed by atoms with van der Waals surface area (Å²) in [5.41, 5.74) is 0. The fourth-order valence-corrected chi connectivity index (χ4v) is 3.13. The molecule has 0 bridgehead atoms. The molecule has 1 amide bonds. The molecule has 4 heteroatoms. The van der Waals surface area contributed by atoms with Gasteiger partial charge in [-0.3, -0.25) is 4.79 Å². The largest absolute Gasteiger partial charge is 0.378 e. The maximum absolute atomic E-state index is 11.6. The average molecular weight is 268 g/mol. The van der Waals surface area contributed by atoms with E-state index in [-0.39, 0.29) is 0 Å². The van der Waals surface area contributed by atoms with Gasteiger partial charge in [-0.2, -0.15) is 0 Å². The van der Waals surface area contributed by atoms with Crippen molar-refractivity contribution in [3.05, 3.63) is 0 Å². The van der Waals surface area contributed by atoms with Gasteiger partial charge in [0.15, 0.2) is 0 Å². The molecular formula is C15H28N2O2. The third-order valence-corrected chi connectivity index (χ3v) is 4.24. The summed E-state index contributed by atoms with van der Waals surface area (Å²) in [6, 6.07) is 0.909. The lowest BCUT2D eigenvalue weighted by Gasteiger charge is -2.34. The van der Waals surface area contributed by atoms with Gasteiger partial charge in [0.25, 0.3) is 0 Å². The molecular weight excluding hydrogens is 240 g/mol. The molecule has 2 rings (SSSR count). The molecule has 0 radical (unpaired) electrons. The van der Waals surface area contributed by atoms with Gasteiger partial charge in [-0.25, -0.2) is 0 Å². The second kappa shape index (κ2) is 6.71. The predicted octanol–water partition coefficient (Wildman–Crippen LogP) is 1.79. The molecule has 2 saturated heterocycles. The minimum absolute atomic E-state index is 0.320. The van der Waals surface area contributed by atoms with E-state index in [0.717, 1.165) is 45.4 Å². The Balaban J connectivity index is 1.75. The maximum atomic E-state index is 11.6. The van der Waals surface area contributed by atoms with E-state index in [2.05, 4.69) is 26.1 Å². The number of likely N-dealkylation sites (tertiary alicyclic amines) is 1. The van der Waals surface area contributed by atoms with Crippen molar-refractivity contribution >= 4 is 5.91 Å². The van der Waals surface area contributed by atoms with Crippen LogP contribution in [0.2, 0.25) is 0 Å². The standard InChI is InChI=1S/C15H28N2O2/c1-11(2)14-9-13(6-8-19-14)16-12(3)10-17-7-4-5-15(17)18/h11-14,16H,4-10H2,1-3H3. The van der Waals surface area contributed by atoms with Gasteiger partial charge in [0.1, 0.15) is 0 Å². The minimum Gasteiger partial charge on any atom is -0.378 e. The Morgan fingerprint density at radius 2 is 2.21 bits per heavy atom. The monoisotopic (exact) mass is 268 g/mol. The normalized spacial score (nSPS) is 30.1. The zero-order chi connectivity index (χ0) is 13.8. The average Bonchev–Trinajstić information content (AvgIpc) is 2.75. The van der Waals surface area contributed by atoms with Gasteiger partial charge in [0, 0.05) is 38.2 Å². The number of ether oxygens (including phenoxy) is 1. The van der Waals surface area contributed by atoms with E-state index in [1.807, 2.05) is 4.90 Å². The zero-order valence-electron chi connectivity index (χ0n) is 12.5. The van der Waals surface area contributed by atoms with Gasteiger partial charge in [0.05, 0.1) is 6.10 Å². The third-order valence-electron chi connectivity index (χ3n) is 4.24. The summed E-state index contributed by atoms with van der Waals surface area (Å²) >= 11 is 0. The summed E-state index contributed by atoms with van der Waals surface area (Å²) in [4.78, 5) is 13.6. The Hall–Kier alpha value is -0.610. The van der Waals surface area contributed by atoms with E-state index in [0.29, 0.717) is 30.0 Å². The first kappa shape index (κ1) is 14.8. The van der Waals surface area contributed by atoms with Crippen molar-refractivity contribution in [3.63, 3.8) is 0 Å². The summed E-state index contributed by atoms with van der Waals surface area (Å²) < 4.78 is 5.80. The highest BCUT2D eigenvalue weighted by molar-refractivity contribution is 5.78. The smallest absolute Gasteiger partial charge is 0.222 e. The minimum atomic E-state index is 0.320. The molecule has 0 saturated carbocycles. The highest BCUT2D eigenvalue weighted by atomic mass is 16.5. The molecule has 0 spiro atoms. The highest BCUT2D eigenvalue weighted by Crippen LogP contribution is 2.20. The van der Waals surface area contributed by atoms with E-state index in [1.54, 1.807) is 0 Å². The molecule has 2 aliphatic heterocycles.